The van der Waals surface area contributed by atoms with Crippen LogP contribution < -0.4 is 5.32 Å². The first-order chi connectivity index (χ1) is 7.25. The molecular formula is C11H17N3O. The van der Waals surface area contributed by atoms with Crippen LogP contribution in [-0.2, 0) is 4.74 Å². The fraction of sp³-hybridized carbons (Fsp3) is 0.636. The number of nitrogens with one attached hydrogen (secondary N) is 1. The van der Waals surface area contributed by atoms with Gasteiger partial charge < -0.3 is 10.1 Å². The molecule has 0 unspecified atom stereocenters. The topological polar surface area (TPSA) is 47.0 Å². The molecule has 0 aromatic carbocycles. The lowest BCUT2D eigenvalue weighted by molar-refractivity contribution is 0.0874. The van der Waals surface area contributed by atoms with E-state index in [9.17, 15) is 0 Å². The zero-order valence-corrected chi connectivity index (χ0v) is 9.29. The Balaban J connectivity index is 2.00. The van der Waals surface area contributed by atoms with Crippen molar-refractivity contribution >= 4 is 5.95 Å². The lowest BCUT2D eigenvalue weighted by Crippen LogP contribution is -2.30. The van der Waals surface area contributed by atoms with Gasteiger partial charge in [-0.3, -0.25) is 0 Å². The Bertz CT molecular complexity index is 335. The van der Waals surface area contributed by atoms with Crippen LogP contribution in [0.15, 0.2) is 6.20 Å². The second-order valence-corrected chi connectivity index (χ2v) is 4.02. The molecule has 0 bridgehead atoms. The zero-order valence-electron chi connectivity index (χ0n) is 9.29. The van der Waals surface area contributed by atoms with Gasteiger partial charge in [-0.05, 0) is 32.3 Å². The van der Waals surface area contributed by atoms with Crippen molar-refractivity contribution in [3.8, 4) is 0 Å². The summed E-state index contributed by atoms with van der Waals surface area (Å²) in [4.78, 5) is 8.64. The average molecular weight is 207 g/mol. The summed E-state index contributed by atoms with van der Waals surface area (Å²) in [6, 6.07) is 0.362. The van der Waals surface area contributed by atoms with Crippen LogP contribution in [0.4, 0.5) is 5.95 Å². The van der Waals surface area contributed by atoms with E-state index in [1.807, 2.05) is 20.0 Å². The van der Waals surface area contributed by atoms with E-state index in [2.05, 4.69) is 15.3 Å². The molecule has 0 aliphatic carbocycles. The number of aryl methyl sites for hydroxylation is 2. The van der Waals surface area contributed by atoms with Crippen LogP contribution in [-0.4, -0.2) is 29.2 Å². The summed E-state index contributed by atoms with van der Waals surface area (Å²) in [6.45, 7) is 5.66. The van der Waals surface area contributed by atoms with Gasteiger partial charge >= 0.3 is 0 Å². The van der Waals surface area contributed by atoms with Crippen LogP contribution >= 0.6 is 0 Å². The van der Waals surface area contributed by atoms with Crippen molar-refractivity contribution in [2.45, 2.75) is 32.7 Å². The van der Waals surface area contributed by atoms with Crippen molar-refractivity contribution in [2.24, 2.45) is 0 Å². The number of rotatable bonds is 2. The predicted molar refractivity (Wildman–Crippen MR) is 59.0 cm³/mol. The van der Waals surface area contributed by atoms with Crippen LogP contribution in [0.25, 0.3) is 0 Å². The van der Waals surface area contributed by atoms with Gasteiger partial charge in [-0.1, -0.05) is 0 Å². The van der Waals surface area contributed by atoms with Crippen molar-refractivity contribution in [3.63, 3.8) is 0 Å². The standard InChI is InChI=1S/C11H17N3O/c1-8-6-12-11(13-9(8)2)14-10-4-3-5-15-7-10/h6,10H,3-5,7H2,1-2H3,(H,12,13,14)/t10-/m0/s1. The van der Waals surface area contributed by atoms with Crippen LogP contribution in [0.5, 0.6) is 0 Å². The summed E-state index contributed by atoms with van der Waals surface area (Å²) in [5.41, 5.74) is 2.16. The predicted octanol–water partition coefficient (Wildman–Crippen LogP) is 1.68. The highest BCUT2D eigenvalue weighted by Gasteiger charge is 2.14. The summed E-state index contributed by atoms with van der Waals surface area (Å²) < 4.78 is 5.39. The summed E-state index contributed by atoms with van der Waals surface area (Å²) in [7, 11) is 0. The zero-order chi connectivity index (χ0) is 10.7. The minimum Gasteiger partial charge on any atom is -0.379 e. The van der Waals surface area contributed by atoms with E-state index in [0.29, 0.717) is 12.0 Å². The van der Waals surface area contributed by atoms with Gasteiger partial charge in [-0.25, -0.2) is 9.97 Å². The molecule has 2 heterocycles. The minimum atomic E-state index is 0.362. The molecule has 1 fully saturated rings. The molecule has 0 radical (unpaired) electrons. The number of ether oxygens (including phenoxy) is 1. The third kappa shape index (κ3) is 2.65. The molecule has 1 N–H and O–H groups in total. The Morgan fingerprint density at radius 3 is 3.00 bits per heavy atom. The molecule has 2 rings (SSSR count). The Morgan fingerprint density at radius 1 is 1.47 bits per heavy atom. The molecule has 82 valence electrons. The van der Waals surface area contributed by atoms with E-state index < -0.39 is 0 Å². The first-order valence-electron chi connectivity index (χ1n) is 5.40. The van der Waals surface area contributed by atoms with E-state index in [4.69, 9.17) is 4.74 Å². The fourth-order valence-corrected chi connectivity index (χ4v) is 1.63. The molecule has 0 spiro atoms. The molecule has 4 heteroatoms. The number of anilines is 1. The summed E-state index contributed by atoms with van der Waals surface area (Å²) >= 11 is 0. The quantitative estimate of drug-likeness (QED) is 0.801. The van der Waals surface area contributed by atoms with E-state index in [0.717, 1.165) is 37.3 Å². The molecule has 1 saturated heterocycles. The Labute approximate surface area is 90.1 Å². The van der Waals surface area contributed by atoms with Gasteiger partial charge in [0.2, 0.25) is 5.95 Å². The molecule has 15 heavy (non-hydrogen) atoms. The average Bonchev–Trinajstić information content (AvgIpc) is 2.25. The molecule has 0 amide bonds. The molecule has 0 saturated carbocycles. The number of hydrogen-bond donors (Lipinski definition) is 1. The van der Waals surface area contributed by atoms with Crippen molar-refractivity contribution < 1.29 is 4.74 Å². The van der Waals surface area contributed by atoms with E-state index in [1.165, 1.54) is 0 Å². The maximum absolute atomic E-state index is 5.39. The molecule has 1 atom stereocenters. The first kappa shape index (κ1) is 10.4. The molecule has 1 aromatic rings. The van der Waals surface area contributed by atoms with Gasteiger partial charge in [0.1, 0.15) is 0 Å². The maximum Gasteiger partial charge on any atom is 0.223 e. The minimum absolute atomic E-state index is 0.362. The highest BCUT2D eigenvalue weighted by atomic mass is 16.5. The van der Waals surface area contributed by atoms with E-state index in [1.54, 1.807) is 0 Å². The largest absolute Gasteiger partial charge is 0.379 e. The molecule has 1 aromatic heterocycles. The van der Waals surface area contributed by atoms with Gasteiger partial charge in [0.15, 0.2) is 0 Å². The summed E-state index contributed by atoms with van der Waals surface area (Å²) in [5.74, 6) is 0.716. The molecule has 1 aliphatic heterocycles. The first-order valence-corrected chi connectivity index (χ1v) is 5.40. The van der Waals surface area contributed by atoms with Crippen LogP contribution in [0.2, 0.25) is 0 Å². The maximum atomic E-state index is 5.39. The highest BCUT2D eigenvalue weighted by molar-refractivity contribution is 5.29. The number of aromatic nitrogens is 2. The Hall–Kier alpha value is -1.16. The lowest BCUT2D eigenvalue weighted by Gasteiger charge is -2.23. The van der Waals surface area contributed by atoms with E-state index in [-0.39, 0.29) is 0 Å². The smallest absolute Gasteiger partial charge is 0.223 e. The van der Waals surface area contributed by atoms with Gasteiger partial charge in [0.05, 0.1) is 12.6 Å². The Kier molecular flexibility index (Phi) is 3.16. The van der Waals surface area contributed by atoms with Crippen LogP contribution in [0.1, 0.15) is 24.1 Å². The molecular weight excluding hydrogens is 190 g/mol. The summed E-state index contributed by atoms with van der Waals surface area (Å²) in [5, 5.41) is 3.30. The third-order valence-electron chi connectivity index (χ3n) is 2.72. The van der Waals surface area contributed by atoms with E-state index >= 15 is 0 Å². The van der Waals surface area contributed by atoms with Crippen LogP contribution in [0, 0.1) is 13.8 Å². The van der Waals surface area contributed by atoms with Crippen molar-refractivity contribution in [2.75, 3.05) is 18.5 Å². The lowest BCUT2D eigenvalue weighted by atomic mass is 10.1. The van der Waals surface area contributed by atoms with Gasteiger partial charge in [-0.2, -0.15) is 0 Å². The second kappa shape index (κ2) is 4.57. The van der Waals surface area contributed by atoms with Gasteiger partial charge in [0.25, 0.3) is 0 Å². The second-order valence-electron chi connectivity index (χ2n) is 4.02. The highest BCUT2D eigenvalue weighted by Crippen LogP contribution is 2.12. The number of hydrogen-bond acceptors (Lipinski definition) is 4. The molecule has 4 nitrogen and oxygen atoms in total. The van der Waals surface area contributed by atoms with Gasteiger partial charge in [0, 0.05) is 18.5 Å². The van der Waals surface area contributed by atoms with Crippen LogP contribution in [0.3, 0.4) is 0 Å². The fourth-order valence-electron chi connectivity index (χ4n) is 1.63. The monoisotopic (exact) mass is 207 g/mol. The third-order valence-corrected chi connectivity index (χ3v) is 2.72. The normalized spacial score (nSPS) is 21.3. The van der Waals surface area contributed by atoms with Gasteiger partial charge in [-0.15, -0.1) is 0 Å². The number of nitrogens with zero attached hydrogens (tertiary/aromatic N) is 2. The van der Waals surface area contributed by atoms with Crippen molar-refractivity contribution in [1.29, 1.82) is 0 Å². The SMILES string of the molecule is Cc1cnc(N[C@H]2CCCOC2)nc1C. The summed E-state index contributed by atoms with van der Waals surface area (Å²) in [6.07, 6.45) is 4.10. The molecule has 1 aliphatic rings. The Morgan fingerprint density at radius 2 is 2.33 bits per heavy atom. The van der Waals surface area contributed by atoms with Crippen molar-refractivity contribution in [1.82, 2.24) is 9.97 Å². The van der Waals surface area contributed by atoms with Crippen molar-refractivity contribution in [3.05, 3.63) is 17.5 Å².